The highest BCUT2D eigenvalue weighted by molar-refractivity contribution is 5.90. The van der Waals surface area contributed by atoms with Crippen LogP contribution in [0.15, 0.2) is 55.1 Å². The molecule has 156 valence electrons. The first-order chi connectivity index (χ1) is 15.2. The van der Waals surface area contributed by atoms with Gasteiger partial charge in [0.1, 0.15) is 23.5 Å². The number of phenolic OH excluding ortho intramolecular Hbond substituents is 1. The first kappa shape index (κ1) is 18.3. The van der Waals surface area contributed by atoms with Crippen molar-refractivity contribution in [2.75, 3.05) is 18.0 Å². The molecule has 0 radical (unpaired) electrons. The summed E-state index contributed by atoms with van der Waals surface area (Å²) in [7, 11) is 0. The number of aromatic nitrogens is 4. The van der Waals surface area contributed by atoms with Crippen LogP contribution in [-0.4, -0.2) is 55.1 Å². The standard InChI is InChI=1S/C24H24N6O/c1-15-2-3-17(21(31)8-15)11-30-18-9-19(30)13-29(12-18)22-5-4-16(10-26-22)23-20-6-7-25-24(20)28-14-27-23/h2-8,10,14,18-19,31H,9,11-13H2,1H3,(H,25,27,28). The predicted octanol–water partition coefficient (Wildman–Crippen LogP) is 3.50. The second-order valence-electron chi connectivity index (χ2n) is 8.62. The fourth-order valence-corrected chi connectivity index (χ4v) is 4.95. The number of aromatic hydroxyl groups is 1. The van der Waals surface area contributed by atoms with Gasteiger partial charge in [-0.2, -0.15) is 0 Å². The highest BCUT2D eigenvalue weighted by Crippen LogP contribution is 2.37. The molecule has 4 aromatic rings. The van der Waals surface area contributed by atoms with Gasteiger partial charge in [0.25, 0.3) is 0 Å². The number of hydrogen-bond acceptors (Lipinski definition) is 6. The van der Waals surface area contributed by atoms with Crippen molar-refractivity contribution in [3.8, 4) is 17.0 Å². The molecule has 7 rings (SSSR count). The summed E-state index contributed by atoms with van der Waals surface area (Å²) in [5.74, 6) is 1.41. The van der Waals surface area contributed by atoms with E-state index in [0.29, 0.717) is 17.8 Å². The zero-order valence-corrected chi connectivity index (χ0v) is 17.4. The van der Waals surface area contributed by atoms with Crippen LogP contribution in [0.4, 0.5) is 5.82 Å². The van der Waals surface area contributed by atoms with Gasteiger partial charge in [-0.3, -0.25) is 4.90 Å². The number of piperidine rings is 1. The molecule has 0 aliphatic carbocycles. The Balaban J connectivity index is 1.17. The molecule has 7 nitrogen and oxygen atoms in total. The lowest BCUT2D eigenvalue weighted by molar-refractivity contribution is -0.00915. The SMILES string of the molecule is Cc1ccc(CN2C3CC2CN(c2ccc(-c4ncnc5[nH]ccc45)cn2)C3)c(O)c1. The number of phenols is 1. The molecule has 0 spiro atoms. The molecule has 2 bridgehead atoms. The lowest BCUT2D eigenvalue weighted by Gasteiger charge is -2.56. The van der Waals surface area contributed by atoms with Crippen LogP contribution in [0.25, 0.3) is 22.3 Å². The maximum absolute atomic E-state index is 10.3. The van der Waals surface area contributed by atoms with Crippen molar-refractivity contribution in [2.24, 2.45) is 0 Å². The predicted molar refractivity (Wildman–Crippen MR) is 120 cm³/mol. The molecule has 2 unspecified atom stereocenters. The average molecular weight is 412 g/mol. The number of benzene rings is 1. The number of aryl methyl sites for hydroxylation is 1. The Morgan fingerprint density at radius 2 is 1.94 bits per heavy atom. The Morgan fingerprint density at radius 3 is 2.71 bits per heavy atom. The summed E-state index contributed by atoms with van der Waals surface area (Å²) in [5.41, 5.74) is 4.83. The third-order valence-electron chi connectivity index (χ3n) is 6.64. The van der Waals surface area contributed by atoms with Crippen molar-refractivity contribution >= 4 is 16.9 Å². The van der Waals surface area contributed by atoms with E-state index in [9.17, 15) is 5.11 Å². The number of nitrogens with one attached hydrogen (secondary N) is 1. The molecule has 3 fully saturated rings. The van der Waals surface area contributed by atoms with E-state index in [4.69, 9.17) is 4.98 Å². The maximum Gasteiger partial charge on any atom is 0.141 e. The number of anilines is 1. The van der Waals surface area contributed by atoms with E-state index >= 15 is 0 Å². The lowest BCUT2D eigenvalue weighted by Crippen LogP contribution is -2.68. The highest BCUT2D eigenvalue weighted by Gasteiger charge is 2.44. The van der Waals surface area contributed by atoms with Gasteiger partial charge in [-0.1, -0.05) is 12.1 Å². The van der Waals surface area contributed by atoms with Crippen LogP contribution in [0, 0.1) is 6.92 Å². The number of piperazine rings is 1. The summed E-state index contributed by atoms with van der Waals surface area (Å²) in [6, 6.07) is 13.2. The van der Waals surface area contributed by atoms with E-state index in [2.05, 4.69) is 43.0 Å². The summed E-state index contributed by atoms with van der Waals surface area (Å²) < 4.78 is 0. The topological polar surface area (TPSA) is 81.2 Å². The number of aromatic amines is 1. The second-order valence-corrected chi connectivity index (χ2v) is 8.62. The molecule has 7 heteroatoms. The van der Waals surface area contributed by atoms with E-state index in [-0.39, 0.29) is 0 Å². The molecule has 2 atom stereocenters. The summed E-state index contributed by atoms with van der Waals surface area (Å²) >= 11 is 0. The number of H-pyrrole nitrogens is 1. The average Bonchev–Trinajstić information content (AvgIpc) is 3.28. The molecule has 3 aliphatic rings. The van der Waals surface area contributed by atoms with Gasteiger partial charge in [0.05, 0.1) is 5.69 Å². The minimum Gasteiger partial charge on any atom is -0.508 e. The van der Waals surface area contributed by atoms with Gasteiger partial charge in [0, 0.05) is 60.6 Å². The van der Waals surface area contributed by atoms with E-state index < -0.39 is 0 Å². The lowest BCUT2D eigenvalue weighted by atomic mass is 9.86. The van der Waals surface area contributed by atoms with Crippen LogP contribution in [0.1, 0.15) is 17.5 Å². The van der Waals surface area contributed by atoms with Gasteiger partial charge in [0.15, 0.2) is 0 Å². The van der Waals surface area contributed by atoms with Crippen LogP contribution in [0.3, 0.4) is 0 Å². The van der Waals surface area contributed by atoms with E-state index in [1.807, 2.05) is 37.5 Å². The van der Waals surface area contributed by atoms with Crippen LogP contribution in [-0.2, 0) is 6.54 Å². The van der Waals surface area contributed by atoms with Gasteiger partial charge < -0.3 is 15.0 Å². The molecule has 31 heavy (non-hydrogen) atoms. The van der Waals surface area contributed by atoms with Crippen LogP contribution < -0.4 is 4.90 Å². The third kappa shape index (κ3) is 3.13. The van der Waals surface area contributed by atoms with Gasteiger partial charge in [-0.15, -0.1) is 0 Å². The van der Waals surface area contributed by atoms with E-state index in [1.54, 1.807) is 6.33 Å². The van der Waals surface area contributed by atoms with Crippen molar-refractivity contribution in [2.45, 2.75) is 32.0 Å². The van der Waals surface area contributed by atoms with Crippen molar-refractivity contribution in [3.63, 3.8) is 0 Å². The first-order valence-electron chi connectivity index (χ1n) is 10.7. The Labute approximate surface area is 180 Å². The zero-order chi connectivity index (χ0) is 20.9. The van der Waals surface area contributed by atoms with Gasteiger partial charge in [0.2, 0.25) is 0 Å². The second kappa shape index (κ2) is 7.06. The van der Waals surface area contributed by atoms with Crippen molar-refractivity contribution < 1.29 is 5.11 Å². The highest BCUT2D eigenvalue weighted by atomic mass is 16.3. The smallest absolute Gasteiger partial charge is 0.141 e. The Kier molecular flexibility index (Phi) is 4.17. The first-order valence-corrected chi connectivity index (χ1v) is 10.7. The number of nitrogens with zero attached hydrogens (tertiary/aromatic N) is 5. The number of pyridine rings is 1. The number of hydrogen-bond donors (Lipinski definition) is 2. The Hall–Kier alpha value is -3.45. The molecular formula is C24H24N6O. The minimum atomic E-state index is 0.403. The monoisotopic (exact) mass is 412 g/mol. The van der Waals surface area contributed by atoms with Crippen LogP contribution in [0.5, 0.6) is 5.75 Å². The summed E-state index contributed by atoms with van der Waals surface area (Å²) in [5, 5.41) is 11.3. The van der Waals surface area contributed by atoms with Crippen LogP contribution in [0.2, 0.25) is 0 Å². The quantitative estimate of drug-likeness (QED) is 0.534. The molecule has 0 saturated carbocycles. The molecule has 1 aromatic carbocycles. The largest absolute Gasteiger partial charge is 0.508 e. The molecular weight excluding hydrogens is 388 g/mol. The van der Waals surface area contributed by atoms with Gasteiger partial charge >= 0.3 is 0 Å². The summed E-state index contributed by atoms with van der Waals surface area (Å²) in [4.78, 5) is 21.5. The van der Waals surface area contributed by atoms with E-state index in [0.717, 1.165) is 58.9 Å². The zero-order valence-electron chi connectivity index (χ0n) is 17.4. The molecule has 0 amide bonds. The number of rotatable bonds is 4. The van der Waals surface area contributed by atoms with Crippen molar-refractivity contribution in [3.05, 3.63) is 66.2 Å². The molecule has 2 N–H and O–H groups in total. The molecule has 3 aromatic heterocycles. The third-order valence-corrected chi connectivity index (χ3v) is 6.64. The fraction of sp³-hybridized carbons (Fsp3) is 0.292. The normalized spacial score (nSPS) is 20.7. The molecule has 3 saturated heterocycles. The molecule has 6 heterocycles. The molecule has 3 aliphatic heterocycles. The Morgan fingerprint density at radius 1 is 1.06 bits per heavy atom. The summed E-state index contributed by atoms with van der Waals surface area (Å²) in [6.45, 7) is 4.74. The van der Waals surface area contributed by atoms with Crippen molar-refractivity contribution in [1.29, 1.82) is 0 Å². The van der Waals surface area contributed by atoms with Crippen LogP contribution >= 0.6 is 0 Å². The van der Waals surface area contributed by atoms with Gasteiger partial charge in [-0.25, -0.2) is 15.0 Å². The van der Waals surface area contributed by atoms with Crippen molar-refractivity contribution in [1.82, 2.24) is 24.8 Å². The maximum atomic E-state index is 10.3. The van der Waals surface area contributed by atoms with E-state index in [1.165, 1.54) is 6.42 Å². The fourth-order valence-electron chi connectivity index (χ4n) is 4.95. The van der Waals surface area contributed by atoms with Gasteiger partial charge in [-0.05, 0) is 43.2 Å². The number of fused-ring (bicyclic) bond motifs is 3. The Bertz CT molecular complexity index is 1240. The minimum absolute atomic E-state index is 0.403. The summed E-state index contributed by atoms with van der Waals surface area (Å²) in [6.07, 6.45) is 6.59.